The molecule has 1 aromatic rings. The van der Waals surface area contributed by atoms with E-state index in [1.807, 2.05) is 24.3 Å². The number of hydrogen-bond donors (Lipinski definition) is 1. The van der Waals surface area contributed by atoms with Crippen molar-refractivity contribution in [3.8, 4) is 0 Å². The fourth-order valence-electron chi connectivity index (χ4n) is 6.98. The Morgan fingerprint density at radius 3 is 2.69 bits per heavy atom. The predicted molar refractivity (Wildman–Crippen MR) is 120 cm³/mol. The molecule has 172 valence electrons. The minimum absolute atomic E-state index is 0.0530. The molecular weight excluding hydrogens is 404 g/mol. The van der Waals surface area contributed by atoms with Crippen LogP contribution in [0.1, 0.15) is 57.8 Å². The molecule has 0 spiro atoms. The zero-order chi connectivity index (χ0) is 22.5. The van der Waals surface area contributed by atoms with Crippen molar-refractivity contribution in [2.75, 3.05) is 13.2 Å². The minimum Gasteiger partial charge on any atom is -0.459 e. The quantitative estimate of drug-likeness (QED) is 0.420. The van der Waals surface area contributed by atoms with Crippen molar-refractivity contribution in [3.63, 3.8) is 0 Å². The molecule has 2 saturated heterocycles. The van der Waals surface area contributed by atoms with Gasteiger partial charge < -0.3 is 19.3 Å². The molecule has 2 aliphatic heterocycles. The molecule has 0 amide bonds. The Hall–Kier alpha value is -1.95. The normalized spacial score (nSPS) is 43.0. The van der Waals surface area contributed by atoms with Gasteiger partial charge >= 0.3 is 5.97 Å². The smallest absolute Gasteiger partial charge is 0.336 e. The van der Waals surface area contributed by atoms with Crippen molar-refractivity contribution in [1.29, 1.82) is 0 Å². The SMILES string of the molecule is C=C1CCC2[C@]3(C)COC(c4ccccc4)O[C@@H]3CC[C@@]2(C)[C@@H]1C/C=C1\C(=O)OCC1O. The Labute approximate surface area is 190 Å². The summed E-state index contributed by atoms with van der Waals surface area (Å²) in [4.78, 5) is 12.0. The summed E-state index contributed by atoms with van der Waals surface area (Å²) in [5.41, 5.74) is 2.72. The van der Waals surface area contributed by atoms with E-state index in [0.29, 0.717) is 24.5 Å². The van der Waals surface area contributed by atoms with E-state index in [9.17, 15) is 9.90 Å². The van der Waals surface area contributed by atoms with E-state index in [2.05, 4.69) is 32.6 Å². The first-order valence-electron chi connectivity index (χ1n) is 11.9. The number of fused-ring (bicyclic) bond motifs is 3. The van der Waals surface area contributed by atoms with Gasteiger partial charge in [0.25, 0.3) is 0 Å². The van der Waals surface area contributed by atoms with Crippen LogP contribution >= 0.6 is 0 Å². The van der Waals surface area contributed by atoms with Crippen molar-refractivity contribution >= 4 is 5.97 Å². The highest BCUT2D eigenvalue weighted by molar-refractivity contribution is 5.91. The summed E-state index contributed by atoms with van der Waals surface area (Å²) >= 11 is 0. The van der Waals surface area contributed by atoms with Gasteiger partial charge in [0.05, 0.1) is 18.3 Å². The second-order valence-electron chi connectivity index (χ2n) is 10.5. The van der Waals surface area contributed by atoms with Gasteiger partial charge in [-0.15, -0.1) is 0 Å². The highest BCUT2D eigenvalue weighted by Gasteiger charge is 2.60. The monoisotopic (exact) mass is 438 g/mol. The molecule has 5 heteroatoms. The van der Waals surface area contributed by atoms with Gasteiger partial charge in [0.2, 0.25) is 0 Å². The number of rotatable bonds is 3. The Bertz CT molecular complexity index is 923. The maximum atomic E-state index is 12.0. The van der Waals surface area contributed by atoms with E-state index < -0.39 is 12.1 Å². The molecule has 3 unspecified atom stereocenters. The number of carbonyl (C=O) groups is 1. The lowest BCUT2D eigenvalue weighted by Crippen LogP contribution is -2.60. The van der Waals surface area contributed by atoms with Crippen molar-refractivity contribution in [2.45, 2.75) is 64.4 Å². The number of benzene rings is 1. The molecule has 32 heavy (non-hydrogen) atoms. The Morgan fingerprint density at radius 1 is 1.19 bits per heavy atom. The number of aliphatic hydroxyl groups is 1. The Kier molecular flexibility index (Phi) is 5.55. The molecule has 1 aromatic carbocycles. The second kappa shape index (κ2) is 8.12. The fourth-order valence-corrected chi connectivity index (χ4v) is 6.98. The molecule has 2 saturated carbocycles. The Balaban J connectivity index is 1.38. The van der Waals surface area contributed by atoms with Gasteiger partial charge in [-0.25, -0.2) is 4.79 Å². The van der Waals surface area contributed by atoms with Crippen LogP contribution < -0.4 is 0 Å². The predicted octanol–water partition coefficient (Wildman–Crippen LogP) is 4.72. The summed E-state index contributed by atoms with van der Waals surface area (Å²) in [6.07, 6.45) is 5.77. The third-order valence-corrected chi connectivity index (χ3v) is 8.76. The number of allylic oxidation sites excluding steroid dienone is 2. The number of aliphatic hydroxyl groups excluding tert-OH is 1. The second-order valence-corrected chi connectivity index (χ2v) is 10.5. The van der Waals surface area contributed by atoms with Crippen LogP contribution in [-0.2, 0) is 19.0 Å². The van der Waals surface area contributed by atoms with Gasteiger partial charge in [0.1, 0.15) is 12.7 Å². The lowest BCUT2D eigenvalue weighted by Gasteiger charge is -2.62. The molecule has 2 heterocycles. The summed E-state index contributed by atoms with van der Waals surface area (Å²) in [5.74, 6) is 0.316. The highest BCUT2D eigenvalue weighted by atomic mass is 16.7. The molecule has 1 N–H and O–H groups in total. The fraction of sp³-hybridized carbons (Fsp3) is 0.593. The van der Waals surface area contributed by atoms with Crippen molar-refractivity contribution in [2.24, 2.45) is 22.7 Å². The third kappa shape index (κ3) is 3.46. The number of cyclic esters (lactones) is 1. The number of esters is 1. The van der Waals surface area contributed by atoms with Gasteiger partial charge in [0.15, 0.2) is 6.29 Å². The van der Waals surface area contributed by atoms with E-state index in [1.54, 1.807) is 0 Å². The van der Waals surface area contributed by atoms with Crippen LogP contribution in [0.2, 0.25) is 0 Å². The van der Waals surface area contributed by atoms with Crippen molar-refractivity contribution in [1.82, 2.24) is 0 Å². The van der Waals surface area contributed by atoms with Gasteiger partial charge in [-0.3, -0.25) is 0 Å². The largest absolute Gasteiger partial charge is 0.459 e. The van der Waals surface area contributed by atoms with E-state index >= 15 is 0 Å². The minimum atomic E-state index is -0.814. The van der Waals surface area contributed by atoms with Crippen LogP contribution in [0.25, 0.3) is 0 Å². The van der Waals surface area contributed by atoms with Gasteiger partial charge in [-0.05, 0) is 49.4 Å². The molecule has 5 nitrogen and oxygen atoms in total. The molecule has 5 rings (SSSR count). The highest BCUT2D eigenvalue weighted by Crippen LogP contribution is 2.63. The summed E-state index contributed by atoms with van der Waals surface area (Å²) in [6.45, 7) is 9.89. The van der Waals surface area contributed by atoms with Crippen LogP contribution in [0, 0.1) is 22.7 Å². The maximum Gasteiger partial charge on any atom is 0.336 e. The van der Waals surface area contributed by atoms with E-state index in [4.69, 9.17) is 14.2 Å². The standard InChI is InChI=1S/C27H34O5/c1-17-9-12-22-26(2,20(17)11-10-19-21(28)15-30-24(19)29)14-13-23-27(22,3)16-31-25(32-23)18-7-5-4-6-8-18/h4-8,10,20-23,25,28H,1,9,11-16H2,2-3H3/b19-10-/t20-,21?,22?,23-,25?,26+,27+/m1/s1. The topological polar surface area (TPSA) is 65.0 Å². The maximum absolute atomic E-state index is 12.0. The summed E-state index contributed by atoms with van der Waals surface area (Å²) < 4.78 is 17.9. The van der Waals surface area contributed by atoms with Gasteiger partial charge in [0, 0.05) is 11.0 Å². The molecule has 4 aliphatic rings. The zero-order valence-electron chi connectivity index (χ0n) is 19.1. The van der Waals surface area contributed by atoms with Crippen molar-refractivity contribution < 1.29 is 24.1 Å². The molecule has 0 aromatic heterocycles. The van der Waals surface area contributed by atoms with Crippen LogP contribution in [0.4, 0.5) is 0 Å². The summed E-state index contributed by atoms with van der Waals surface area (Å²) in [7, 11) is 0. The molecule has 2 aliphatic carbocycles. The average molecular weight is 439 g/mol. The van der Waals surface area contributed by atoms with E-state index in [1.165, 1.54) is 5.57 Å². The molecule has 4 fully saturated rings. The van der Waals surface area contributed by atoms with Gasteiger partial charge in [-0.1, -0.05) is 62.4 Å². The molecule has 0 bridgehead atoms. The van der Waals surface area contributed by atoms with Gasteiger partial charge in [-0.2, -0.15) is 0 Å². The zero-order valence-corrected chi connectivity index (χ0v) is 19.1. The number of hydrogen-bond acceptors (Lipinski definition) is 5. The first-order valence-corrected chi connectivity index (χ1v) is 11.9. The molecule has 0 radical (unpaired) electrons. The van der Waals surface area contributed by atoms with E-state index in [-0.39, 0.29) is 35.7 Å². The Morgan fingerprint density at radius 2 is 1.97 bits per heavy atom. The van der Waals surface area contributed by atoms with Crippen LogP contribution in [0.15, 0.2) is 54.1 Å². The van der Waals surface area contributed by atoms with Crippen LogP contribution in [0.3, 0.4) is 0 Å². The van der Waals surface area contributed by atoms with Crippen LogP contribution in [-0.4, -0.2) is 36.5 Å². The summed E-state index contributed by atoms with van der Waals surface area (Å²) in [6, 6.07) is 10.2. The third-order valence-electron chi connectivity index (χ3n) is 8.76. The molecular formula is C27H34O5. The number of carbonyl (C=O) groups excluding carboxylic acids is 1. The summed E-state index contributed by atoms with van der Waals surface area (Å²) in [5, 5.41) is 10.1. The lowest BCUT2D eigenvalue weighted by atomic mass is 9.46. The van der Waals surface area contributed by atoms with E-state index in [0.717, 1.165) is 31.2 Å². The number of ether oxygens (including phenoxy) is 3. The molecule has 7 atom stereocenters. The van der Waals surface area contributed by atoms with Crippen molar-refractivity contribution in [3.05, 3.63) is 59.7 Å². The lowest BCUT2D eigenvalue weighted by molar-refractivity contribution is -0.307. The average Bonchev–Trinajstić information content (AvgIpc) is 3.10. The first-order chi connectivity index (χ1) is 15.3. The van der Waals surface area contributed by atoms with Crippen LogP contribution in [0.5, 0.6) is 0 Å². The first kappa shape index (κ1) is 21.9.